The van der Waals surface area contributed by atoms with E-state index in [9.17, 15) is 9.59 Å². The zero-order valence-corrected chi connectivity index (χ0v) is 26.0. The van der Waals surface area contributed by atoms with E-state index in [0.29, 0.717) is 62.0 Å². The van der Waals surface area contributed by atoms with Gasteiger partial charge >= 0.3 is 5.97 Å². The molecule has 0 bridgehead atoms. The number of thiazole rings is 1. The molecule has 0 spiro atoms. The number of rotatable bonds is 10. The van der Waals surface area contributed by atoms with Gasteiger partial charge in [0.1, 0.15) is 12.4 Å². The Hall–Kier alpha value is -4.05. The van der Waals surface area contributed by atoms with Crippen molar-refractivity contribution in [3.8, 4) is 17.2 Å². The normalized spacial score (nSPS) is 14.4. The second-order valence-corrected chi connectivity index (χ2v) is 11.2. The minimum Gasteiger partial charge on any atom is -0.490 e. The van der Waals surface area contributed by atoms with Gasteiger partial charge in [-0.3, -0.25) is 9.36 Å². The first kappa shape index (κ1) is 30.4. The first-order valence-corrected chi connectivity index (χ1v) is 15.1. The van der Waals surface area contributed by atoms with Crippen LogP contribution in [0.25, 0.3) is 6.08 Å². The van der Waals surface area contributed by atoms with Gasteiger partial charge in [0.2, 0.25) is 0 Å². The second kappa shape index (κ2) is 13.5. The van der Waals surface area contributed by atoms with Crippen molar-refractivity contribution in [3.05, 3.63) is 119 Å². The predicted octanol–water partition coefficient (Wildman–Crippen LogP) is 5.70. The first-order chi connectivity index (χ1) is 20.8. The molecule has 43 heavy (non-hydrogen) atoms. The molecule has 0 saturated heterocycles. The molecule has 5 rings (SSSR count). The van der Waals surface area contributed by atoms with Gasteiger partial charge in [-0.25, -0.2) is 9.79 Å². The van der Waals surface area contributed by atoms with Gasteiger partial charge in [0.25, 0.3) is 5.56 Å². The highest BCUT2D eigenvalue weighted by Crippen LogP contribution is 2.35. The molecule has 1 atom stereocenters. The molecule has 0 fully saturated rings. The van der Waals surface area contributed by atoms with Crippen LogP contribution in [0.2, 0.25) is 10.0 Å². The highest BCUT2D eigenvalue weighted by Gasteiger charge is 2.31. The number of fused-ring (bicyclic) bond motifs is 1. The second-order valence-electron chi connectivity index (χ2n) is 9.36. The molecule has 1 aliphatic rings. The van der Waals surface area contributed by atoms with Crippen LogP contribution in [0.5, 0.6) is 17.2 Å². The highest BCUT2D eigenvalue weighted by atomic mass is 35.5. The molecular weight excluding hydrogens is 611 g/mol. The van der Waals surface area contributed by atoms with Crippen LogP contribution in [0.1, 0.15) is 36.6 Å². The molecule has 1 aliphatic heterocycles. The molecule has 11 heteroatoms. The van der Waals surface area contributed by atoms with E-state index >= 15 is 0 Å². The number of nitrogens with zero attached hydrogens (tertiary/aromatic N) is 2. The van der Waals surface area contributed by atoms with Crippen molar-refractivity contribution in [1.82, 2.24) is 4.57 Å². The van der Waals surface area contributed by atoms with Crippen molar-refractivity contribution in [3.63, 3.8) is 0 Å². The maximum atomic E-state index is 13.9. The molecule has 0 saturated carbocycles. The van der Waals surface area contributed by atoms with E-state index in [4.69, 9.17) is 42.1 Å². The zero-order valence-electron chi connectivity index (χ0n) is 23.6. The number of hydrogen-bond acceptors (Lipinski definition) is 8. The third-order valence-corrected chi connectivity index (χ3v) is 8.29. The lowest BCUT2D eigenvalue weighted by Crippen LogP contribution is -2.39. The van der Waals surface area contributed by atoms with E-state index < -0.39 is 12.0 Å². The van der Waals surface area contributed by atoms with Gasteiger partial charge < -0.3 is 18.9 Å². The lowest BCUT2D eigenvalue weighted by atomic mass is 9.97. The number of carbonyl (C=O) groups is 1. The summed E-state index contributed by atoms with van der Waals surface area (Å²) >= 11 is 13.4. The fourth-order valence-electron chi connectivity index (χ4n) is 4.63. The van der Waals surface area contributed by atoms with Crippen molar-refractivity contribution in [2.45, 2.75) is 26.5 Å². The molecule has 2 heterocycles. The largest absolute Gasteiger partial charge is 0.490 e. The van der Waals surface area contributed by atoms with Gasteiger partial charge in [0.05, 0.1) is 46.5 Å². The van der Waals surface area contributed by atoms with Crippen LogP contribution in [0, 0.1) is 0 Å². The summed E-state index contributed by atoms with van der Waals surface area (Å²) in [5, 5.41) is 0.937. The summed E-state index contributed by atoms with van der Waals surface area (Å²) in [7, 11) is 1.30. The predicted molar refractivity (Wildman–Crippen MR) is 167 cm³/mol. The van der Waals surface area contributed by atoms with Crippen molar-refractivity contribution in [1.29, 1.82) is 0 Å². The van der Waals surface area contributed by atoms with Crippen LogP contribution >= 0.6 is 34.5 Å². The Labute approximate surface area is 262 Å². The van der Waals surface area contributed by atoms with Crippen LogP contribution in [0.4, 0.5) is 0 Å². The Morgan fingerprint density at radius 3 is 2.51 bits per heavy atom. The summed E-state index contributed by atoms with van der Waals surface area (Å²) in [5.74, 6) is 1.13. The minimum atomic E-state index is -0.776. The summed E-state index contributed by atoms with van der Waals surface area (Å²) in [6.07, 6.45) is 3.23. The smallest absolute Gasteiger partial charge is 0.337 e. The minimum absolute atomic E-state index is 0.228. The van der Waals surface area contributed by atoms with Crippen LogP contribution in [-0.2, 0) is 16.1 Å². The SMILES string of the molecule is CCOc1ccc([C@H]2C(C(=O)OC)=CN=c3s/c(=C\c4cccc(OCc5ccc(Cl)c(Cl)c5)c4)c(=O)n32)cc1OCC. The van der Waals surface area contributed by atoms with E-state index in [0.717, 1.165) is 11.1 Å². The van der Waals surface area contributed by atoms with Gasteiger partial charge in [0, 0.05) is 6.20 Å². The molecular formula is C32H28Cl2N2O6S. The van der Waals surface area contributed by atoms with Gasteiger partial charge in [-0.15, -0.1) is 0 Å². The lowest BCUT2D eigenvalue weighted by molar-refractivity contribution is -0.136. The van der Waals surface area contributed by atoms with E-state index in [1.54, 1.807) is 30.3 Å². The van der Waals surface area contributed by atoms with Crippen LogP contribution < -0.4 is 29.1 Å². The van der Waals surface area contributed by atoms with E-state index in [1.807, 2.05) is 50.2 Å². The molecule has 1 aromatic heterocycles. The summed E-state index contributed by atoms with van der Waals surface area (Å²) in [4.78, 5) is 31.6. The molecule has 4 aromatic rings. The Kier molecular flexibility index (Phi) is 9.55. The highest BCUT2D eigenvalue weighted by molar-refractivity contribution is 7.07. The Morgan fingerprint density at radius 2 is 1.77 bits per heavy atom. The summed E-state index contributed by atoms with van der Waals surface area (Å²) in [6.45, 7) is 4.94. The van der Waals surface area contributed by atoms with E-state index in [-0.39, 0.29) is 11.1 Å². The summed E-state index contributed by atoms with van der Waals surface area (Å²) in [5.41, 5.74) is 2.23. The fraction of sp³-hybridized carbons (Fsp3) is 0.219. The number of hydrogen-bond donors (Lipinski definition) is 0. The van der Waals surface area contributed by atoms with E-state index in [2.05, 4.69) is 4.99 Å². The standard InChI is InChI=1S/C32H28Cl2N2O6S/c1-4-40-26-12-10-21(16-27(26)41-5-2)29-23(31(38)39-3)17-35-32-36(29)30(37)28(43-32)15-19-7-6-8-22(13-19)42-18-20-9-11-24(33)25(34)14-20/h6-17,29H,4-5,18H2,1-3H3/b28-15-/t29-/m0/s1. The molecule has 0 unspecified atom stereocenters. The number of ether oxygens (including phenoxy) is 4. The number of aromatic nitrogens is 1. The molecule has 0 N–H and O–H groups in total. The molecule has 3 aromatic carbocycles. The monoisotopic (exact) mass is 638 g/mol. The lowest BCUT2D eigenvalue weighted by Gasteiger charge is -2.23. The summed E-state index contributed by atoms with van der Waals surface area (Å²) < 4.78 is 24.5. The quantitative estimate of drug-likeness (QED) is 0.207. The molecule has 8 nitrogen and oxygen atoms in total. The topological polar surface area (TPSA) is 88.4 Å². The number of methoxy groups -OCH3 is 1. The van der Waals surface area contributed by atoms with Crippen molar-refractivity contribution >= 4 is 46.6 Å². The Bertz CT molecular complexity index is 1880. The summed E-state index contributed by atoms with van der Waals surface area (Å²) in [6, 6.07) is 17.3. The number of halogens is 2. The molecule has 0 radical (unpaired) electrons. The van der Waals surface area contributed by atoms with Gasteiger partial charge in [-0.05, 0) is 73.0 Å². The first-order valence-electron chi connectivity index (χ1n) is 13.5. The maximum Gasteiger partial charge on any atom is 0.337 e. The average Bonchev–Trinajstić information content (AvgIpc) is 3.32. The third kappa shape index (κ3) is 6.64. The number of benzene rings is 3. The average molecular weight is 640 g/mol. The van der Waals surface area contributed by atoms with Gasteiger partial charge in [0.15, 0.2) is 16.3 Å². The van der Waals surface area contributed by atoms with Crippen LogP contribution in [-0.4, -0.2) is 30.9 Å². The van der Waals surface area contributed by atoms with Gasteiger partial charge in [-0.1, -0.05) is 58.8 Å². The van der Waals surface area contributed by atoms with E-state index in [1.165, 1.54) is 29.2 Å². The number of esters is 1. The molecule has 0 amide bonds. The van der Waals surface area contributed by atoms with Crippen LogP contribution in [0.3, 0.4) is 0 Å². The third-order valence-electron chi connectivity index (χ3n) is 6.55. The Balaban J connectivity index is 1.52. The van der Waals surface area contributed by atoms with Crippen molar-refractivity contribution < 1.29 is 23.7 Å². The maximum absolute atomic E-state index is 13.9. The Morgan fingerprint density at radius 1 is 0.977 bits per heavy atom. The zero-order chi connectivity index (χ0) is 30.5. The number of carbonyl (C=O) groups excluding carboxylic acids is 1. The molecule has 222 valence electrons. The fourth-order valence-corrected chi connectivity index (χ4v) is 5.92. The van der Waals surface area contributed by atoms with Crippen LogP contribution in [0.15, 0.2) is 82.2 Å². The van der Waals surface area contributed by atoms with Gasteiger partial charge in [-0.2, -0.15) is 0 Å². The van der Waals surface area contributed by atoms with Crippen molar-refractivity contribution in [2.75, 3.05) is 20.3 Å². The van der Waals surface area contributed by atoms with Crippen molar-refractivity contribution in [2.24, 2.45) is 4.99 Å². The molecule has 0 aliphatic carbocycles.